The third-order valence-electron chi connectivity index (χ3n) is 16.5. The maximum Gasteiger partial charge on any atom is 0.306 e. The van der Waals surface area contributed by atoms with Gasteiger partial charge in [-0.25, -0.2) is 0 Å². The van der Waals surface area contributed by atoms with Crippen LogP contribution in [-0.4, -0.2) is 36.4 Å². The number of aliphatic hydroxyl groups is 1. The van der Waals surface area contributed by atoms with Crippen LogP contribution in [0.3, 0.4) is 0 Å². The lowest BCUT2D eigenvalue weighted by atomic mass is 10.0. The van der Waals surface area contributed by atoms with E-state index in [1.807, 2.05) is 0 Å². The van der Waals surface area contributed by atoms with E-state index in [4.69, 9.17) is 9.47 Å². The molecule has 0 fully saturated rings. The van der Waals surface area contributed by atoms with E-state index in [0.717, 1.165) is 77.0 Å². The molecule has 0 heterocycles. The topological polar surface area (TPSA) is 72.8 Å². The summed E-state index contributed by atoms with van der Waals surface area (Å²) >= 11 is 0. The van der Waals surface area contributed by atoms with Crippen molar-refractivity contribution >= 4 is 11.9 Å². The van der Waals surface area contributed by atoms with E-state index in [9.17, 15) is 14.7 Å². The highest BCUT2D eigenvalue weighted by molar-refractivity contribution is 5.70. The number of allylic oxidation sites excluding steroid dienone is 14. The molecular formula is C78H140O5. The van der Waals surface area contributed by atoms with Gasteiger partial charge in [0, 0.05) is 12.8 Å². The molecule has 5 nitrogen and oxygen atoms in total. The minimum atomic E-state index is -0.774. The number of hydrogen-bond donors (Lipinski definition) is 1. The molecule has 0 saturated heterocycles. The van der Waals surface area contributed by atoms with E-state index in [0.29, 0.717) is 12.8 Å². The molecule has 0 aromatic carbocycles. The Hall–Kier alpha value is -2.92. The Morgan fingerprint density at radius 1 is 0.289 bits per heavy atom. The second kappa shape index (κ2) is 73.3. The highest BCUT2D eigenvalue weighted by Crippen LogP contribution is 2.19. The van der Waals surface area contributed by atoms with Crippen LogP contribution in [0.15, 0.2) is 85.1 Å². The summed E-state index contributed by atoms with van der Waals surface area (Å²) < 4.78 is 10.8. The lowest BCUT2D eigenvalue weighted by molar-refractivity contribution is -0.161. The lowest BCUT2D eigenvalue weighted by Crippen LogP contribution is -2.28. The number of hydrogen-bond acceptors (Lipinski definition) is 5. The summed E-state index contributed by atoms with van der Waals surface area (Å²) in [6.07, 6.45) is 103. The van der Waals surface area contributed by atoms with Crippen molar-refractivity contribution in [2.75, 3.05) is 13.2 Å². The molecule has 0 aromatic heterocycles. The first kappa shape index (κ1) is 80.1. The van der Waals surface area contributed by atoms with Gasteiger partial charge in [0.05, 0.1) is 6.61 Å². The van der Waals surface area contributed by atoms with Crippen LogP contribution in [0.4, 0.5) is 0 Å². The first-order chi connectivity index (χ1) is 41.1. The maximum atomic E-state index is 12.4. The minimum absolute atomic E-state index is 0.0621. The number of unbranched alkanes of at least 4 members (excludes halogenated alkanes) is 46. The molecule has 0 saturated carbocycles. The molecule has 0 amide bonds. The third kappa shape index (κ3) is 71.5. The van der Waals surface area contributed by atoms with Crippen LogP contribution in [0.5, 0.6) is 0 Å². The normalized spacial score (nSPS) is 12.7. The molecule has 0 aliphatic heterocycles. The van der Waals surface area contributed by atoms with Gasteiger partial charge in [-0.05, 0) is 70.6 Å². The lowest BCUT2D eigenvalue weighted by Gasteiger charge is -2.15. The molecular weight excluding hydrogens is 1020 g/mol. The zero-order valence-electron chi connectivity index (χ0n) is 55.5. The van der Waals surface area contributed by atoms with Crippen LogP contribution in [0, 0.1) is 0 Å². The summed E-state index contributed by atoms with van der Waals surface area (Å²) in [5, 5.41) is 9.71. The van der Waals surface area contributed by atoms with Crippen LogP contribution in [0.1, 0.15) is 380 Å². The van der Waals surface area contributed by atoms with E-state index in [2.05, 4.69) is 98.9 Å². The van der Waals surface area contributed by atoms with Crippen molar-refractivity contribution in [2.24, 2.45) is 0 Å². The van der Waals surface area contributed by atoms with Gasteiger partial charge in [0.1, 0.15) is 6.61 Å². The Balaban J connectivity index is 3.43. The Bertz CT molecular complexity index is 1500. The minimum Gasteiger partial charge on any atom is -0.462 e. The van der Waals surface area contributed by atoms with E-state index < -0.39 is 6.10 Å². The quantitative estimate of drug-likeness (QED) is 0.0373. The van der Waals surface area contributed by atoms with Gasteiger partial charge in [0.15, 0.2) is 6.10 Å². The van der Waals surface area contributed by atoms with Crippen molar-refractivity contribution in [3.63, 3.8) is 0 Å². The van der Waals surface area contributed by atoms with E-state index in [-0.39, 0.29) is 25.2 Å². The van der Waals surface area contributed by atoms with E-state index in [1.165, 1.54) is 276 Å². The Morgan fingerprint density at radius 2 is 0.518 bits per heavy atom. The number of carbonyl (C=O) groups is 2. The fraction of sp³-hybridized carbons (Fsp3) is 0.795. The Labute approximate surface area is 517 Å². The average molecular weight is 1160 g/mol. The van der Waals surface area contributed by atoms with Crippen molar-refractivity contribution in [3.8, 4) is 0 Å². The van der Waals surface area contributed by atoms with Crippen molar-refractivity contribution in [1.82, 2.24) is 0 Å². The van der Waals surface area contributed by atoms with E-state index >= 15 is 0 Å². The van der Waals surface area contributed by atoms with Gasteiger partial charge in [-0.1, -0.05) is 381 Å². The highest BCUT2D eigenvalue weighted by atomic mass is 16.6. The van der Waals surface area contributed by atoms with Crippen LogP contribution in [0.2, 0.25) is 0 Å². The number of rotatable bonds is 68. The van der Waals surface area contributed by atoms with Crippen LogP contribution >= 0.6 is 0 Å². The molecule has 0 radical (unpaired) electrons. The van der Waals surface area contributed by atoms with E-state index in [1.54, 1.807) is 0 Å². The third-order valence-corrected chi connectivity index (χ3v) is 16.5. The van der Waals surface area contributed by atoms with Crippen molar-refractivity contribution in [2.45, 2.75) is 386 Å². The second-order valence-electron chi connectivity index (χ2n) is 24.7. The van der Waals surface area contributed by atoms with Crippen molar-refractivity contribution in [3.05, 3.63) is 85.1 Å². The first-order valence-corrected chi connectivity index (χ1v) is 36.6. The molecule has 0 aliphatic carbocycles. The Morgan fingerprint density at radius 3 is 0.783 bits per heavy atom. The SMILES string of the molecule is CC/C=C\C/C=C\C/C=C\C/C=C\C/C=C\C/C=C\C/C=C\CCCCCCCCCCCCCCCCCCCC(=O)OC(CO)COC(=O)CCCCCCCCCCCCCCCCCCCCCCCCCCCCCCCC. The van der Waals surface area contributed by atoms with Gasteiger partial charge < -0.3 is 14.6 Å². The molecule has 1 unspecified atom stereocenters. The number of esters is 2. The predicted molar refractivity (Wildman–Crippen MR) is 366 cm³/mol. The molecule has 482 valence electrons. The summed E-state index contributed by atoms with van der Waals surface area (Å²) in [6.45, 7) is 4.08. The summed E-state index contributed by atoms with van der Waals surface area (Å²) in [6, 6.07) is 0. The molecule has 1 N–H and O–H groups in total. The van der Waals surface area contributed by atoms with Gasteiger partial charge >= 0.3 is 11.9 Å². The van der Waals surface area contributed by atoms with Crippen LogP contribution in [-0.2, 0) is 19.1 Å². The van der Waals surface area contributed by atoms with Gasteiger partial charge in [-0.3, -0.25) is 9.59 Å². The summed E-state index contributed by atoms with van der Waals surface area (Å²) in [4.78, 5) is 24.7. The van der Waals surface area contributed by atoms with Gasteiger partial charge in [-0.2, -0.15) is 0 Å². The standard InChI is InChI=1S/C78H140O5/c1-3-5-7-9-11-13-15-17-19-21-23-25-27-29-31-33-35-36-37-38-39-40-41-42-43-45-47-49-51-53-55-57-59-61-63-65-67-69-71-73-78(81)83-76(74-79)75-82-77(80)72-70-68-66-64-62-60-58-56-54-52-50-48-46-44-34-32-30-28-26-24-22-20-18-16-14-12-10-8-6-4-2/h5,7,11,13,17,19,23,25,29,31,35-36,38-39,76,79H,3-4,6,8-10,12,14-16,18,20-22,24,26-28,30,32-34,37,40-75H2,1-2H3/b7-5-,13-11-,19-17-,25-23-,31-29-,36-35-,39-38-. The molecule has 0 bridgehead atoms. The van der Waals surface area contributed by atoms with Crippen molar-refractivity contribution < 1.29 is 24.2 Å². The smallest absolute Gasteiger partial charge is 0.306 e. The average Bonchev–Trinajstić information content (AvgIpc) is 3.49. The van der Waals surface area contributed by atoms with Gasteiger partial charge in [0.2, 0.25) is 0 Å². The number of aliphatic hydroxyl groups excluding tert-OH is 1. The molecule has 0 aliphatic rings. The summed E-state index contributed by atoms with van der Waals surface area (Å²) in [7, 11) is 0. The van der Waals surface area contributed by atoms with Gasteiger partial charge in [0.25, 0.3) is 0 Å². The predicted octanol–water partition coefficient (Wildman–Crippen LogP) is 25.6. The van der Waals surface area contributed by atoms with Gasteiger partial charge in [-0.15, -0.1) is 0 Å². The monoisotopic (exact) mass is 1160 g/mol. The largest absolute Gasteiger partial charge is 0.462 e. The van der Waals surface area contributed by atoms with Crippen molar-refractivity contribution in [1.29, 1.82) is 0 Å². The zero-order valence-corrected chi connectivity index (χ0v) is 55.5. The molecule has 0 spiro atoms. The molecule has 0 aromatic rings. The first-order valence-electron chi connectivity index (χ1n) is 36.6. The van der Waals surface area contributed by atoms with Crippen LogP contribution < -0.4 is 0 Å². The molecule has 5 heteroatoms. The second-order valence-corrected chi connectivity index (χ2v) is 24.7. The fourth-order valence-corrected chi connectivity index (χ4v) is 11.0. The highest BCUT2D eigenvalue weighted by Gasteiger charge is 2.16. The molecule has 0 rings (SSSR count). The summed E-state index contributed by atoms with van der Waals surface area (Å²) in [5.41, 5.74) is 0. The fourth-order valence-electron chi connectivity index (χ4n) is 11.0. The number of ether oxygens (including phenoxy) is 2. The zero-order chi connectivity index (χ0) is 59.8. The molecule has 1 atom stereocenters. The van der Waals surface area contributed by atoms with Crippen LogP contribution in [0.25, 0.3) is 0 Å². The number of carbonyl (C=O) groups excluding carboxylic acids is 2. The molecule has 83 heavy (non-hydrogen) atoms. The Kier molecular flexibility index (Phi) is 70.8. The maximum absolute atomic E-state index is 12.4. The summed E-state index contributed by atoms with van der Waals surface area (Å²) in [5.74, 6) is -0.571.